The number of hydrogen-bond donors (Lipinski definition) is 1. The summed E-state index contributed by atoms with van der Waals surface area (Å²) in [4.78, 5) is 16.8. The van der Waals surface area contributed by atoms with E-state index >= 15 is 0 Å². The van der Waals surface area contributed by atoms with Crippen molar-refractivity contribution in [3.05, 3.63) is 54.1 Å². The summed E-state index contributed by atoms with van der Waals surface area (Å²) >= 11 is 0. The van der Waals surface area contributed by atoms with Gasteiger partial charge in [-0.05, 0) is 49.6 Å². The minimum atomic E-state index is -0.221. The van der Waals surface area contributed by atoms with E-state index < -0.39 is 0 Å². The molecule has 1 heterocycles. The SMILES string of the molecule is CC(C(=O)N(C)c1ccccc1)N1CCCc2c(N)cccc21. The number of hydrogen-bond acceptors (Lipinski definition) is 3. The molecule has 0 fully saturated rings. The first-order chi connectivity index (χ1) is 11.1. The Morgan fingerprint density at radius 2 is 1.91 bits per heavy atom. The highest BCUT2D eigenvalue weighted by atomic mass is 16.2. The summed E-state index contributed by atoms with van der Waals surface area (Å²) in [6, 6.07) is 15.5. The van der Waals surface area contributed by atoms with E-state index in [1.807, 2.05) is 56.4 Å². The van der Waals surface area contributed by atoms with E-state index in [9.17, 15) is 4.79 Å². The first-order valence-corrected chi connectivity index (χ1v) is 8.06. The molecule has 0 aromatic heterocycles. The third kappa shape index (κ3) is 2.89. The molecule has 0 saturated heterocycles. The highest BCUT2D eigenvalue weighted by molar-refractivity contribution is 5.98. The molecule has 0 bridgehead atoms. The van der Waals surface area contributed by atoms with E-state index in [4.69, 9.17) is 5.73 Å². The molecule has 2 aromatic carbocycles. The van der Waals surface area contributed by atoms with Crippen LogP contribution in [0.2, 0.25) is 0 Å². The van der Waals surface area contributed by atoms with Gasteiger partial charge >= 0.3 is 0 Å². The number of benzene rings is 2. The van der Waals surface area contributed by atoms with Crippen LogP contribution in [0, 0.1) is 0 Å². The predicted octanol–water partition coefficient (Wildman–Crippen LogP) is 3.07. The second-order valence-corrected chi connectivity index (χ2v) is 6.05. The van der Waals surface area contributed by atoms with Crippen molar-refractivity contribution in [2.24, 2.45) is 0 Å². The Morgan fingerprint density at radius 1 is 1.17 bits per heavy atom. The first-order valence-electron chi connectivity index (χ1n) is 8.06. The quantitative estimate of drug-likeness (QED) is 0.887. The van der Waals surface area contributed by atoms with Gasteiger partial charge in [0.1, 0.15) is 6.04 Å². The fourth-order valence-electron chi connectivity index (χ4n) is 3.27. The second kappa shape index (κ2) is 6.32. The third-order valence-electron chi connectivity index (χ3n) is 4.62. The van der Waals surface area contributed by atoms with Gasteiger partial charge in [0.25, 0.3) is 0 Å². The van der Waals surface area contributed by atoms with Crippen molar-refractivity contribution in [1.82, 2.24) is 0 Å². The van der Waals surface area contributed by atoms with Crippen molar-refractivity contribution in [1.29, 1.82) is 0 Å². The maximum atomic E-state index is 12.9. The topological polar surface area (TPSA) is 49.6 Å². The molecule has 2 aromatic rings. The van der Waals surface area contributed by atoms with Crippen LogP contribution in [-0.4, -0.2) is 25.5 Å². The predicted molar refractivity (Wildman–Crippen MR) is 95.8 cm³/mol. The molecule has 120 valence electrons. The summed E-state index contributed by atoms with van der Waals surface area (Å²) in [7, 11) is 1.83. The van der Waals surface area contributed by atoms with Gasteiger partial charge in [-0.25, -0.2) is 0 Å². The minimum absolute atomic E-state index is 0.0893. The molecule has 0 saturated carbocycles. The number of nitrogen functional groups attached to an aromatic ring is 1. The van der Waals surface area contributed by atoms with Gasteiger partial charge in [-0.3, -0.25) is 4.79 Å². The lowest BCUT2D eigenvalue weighted by molar-refractivity contribution is -0.119. The van der Waals surface area contributed by atoms with Gasteiger partial charge < -0.3 is 15.5 Å². The largest absolute Gasteiger partial charge is 0.398 e. The zero-order valence-electron chi connectivity index (χ0n) is 13.7. The number of anilines is 3. The van der Waals surface area contributed by atoms with Crippen molar-refractivity contribution in [3.8, 4) is 0 Å². The summed E-state index contributed by atoms with van der Waals surface area (Å²) in [6.45, 7) is 2.85. The average Bonchev–Trinajstić information content (AvgIpc) is 2.60. The van der Waals surface area contributed by atoms with Gasteiger partial charge in [-0.15, -0.1) is 0 Å². The summed E-state index contributed by atoms with van der Waals surface area (Å²) in [6.07, 6.45) is 2.00. The van der Waals surface area contributed by atoms with E-state index in [1.54, 1.807) is 4.90 Å². The van der Waals surface area contributed by atoms with Crippen molar-refractivity contribution in [3.63, 3.8) is 0 Å². The lowest BCUT2D eigenvalue weighted by Crippen LogP contribution is -2.48. The number of amides is 1. The van der Waals surface area contributed by atoms with E-state index in [1.165, 1.54) is 5.56 Å². The molecule has 3 rings (SSSR count). The Kier molecular flexibility index (Phi) is 4.24. The number of nitrogens with two attached hydrogens (primary N) is 1. The highest BCUT2D eigenvalue weighted by Gasteiger charge is 2.29. The molecule has 1 aliphatic heterocycles. The Morgan fingerprint density at radius 3 is 2.65 bits per heavy atom. The molecule has 4 nitrogen and oxygen atoms in total. The Bertz CT molecular complexity index is 699. The van der Waals surface area contributed by atoms with Gasteiger partial charge in [-0.1, -0.05) is 24.3 Å². The van der Waals surface area contributed by atoms with E-state index in [2.05, 4.69) is 11.0 Å². The van der Waals surface area contributed by atoms with Crippen molar-refractivity contribution < 1.29 is 4.79 Å². The van der Waals surface area contributed by atoms with Crippen LogP contribution in [0.15, 0.2) is 48.5 Å². The van der Waals surface area contributed by atoms with Crippen LogP contribution in [0.3, 0.4) is 0 Å². The molecular weight excluding hydrogens is 286 g/mol. The van der Waals surface area contributed by atoms with E-state index in [-0.39, 0.29) is 11.9 Å². The number of para-hydroxylation sites is 1. The molecule has 0 spiro atoms. The summed E-state index contributed by atoms with van der Waals surface area (Å²) < 4.78 is 0. The number of likely N-dealkylation sites (N-methyl/N-ethyl adjacent to an activating group) is 1. The molecule has 1 amide bonds. The zero-order chi connectivity index (χ0) is 16.4. The zero-order valence-corrected chi connectivity index (χ0v) is 13.7. The normalized spacial score (nSPS) is 15.0. The first kappa shape index (κ1) is 15.4. The number of carbonyl (C=O) groups is 1. The maximum absolute atomic E-state index is 12.9. The molecule has 1 aliphatic rings. The lowest BCUT2D eigenvalue weighted by atomic mass is 9.98. The van der Waals surface area contributed by atoms with Crippen LogP contribution in [0.1, 0.15) is 18.9 Å². The summed E-state index contributed by atoms with van der Waals surface area (Å²) in [5, 5.41) is 0. The smallest absolute Gasteiger partial charge is 0.249 e. The Hall–Kier alpha value is -2.49. The van der Waals surface area contributed by atoms with E-state index in [0.717, 1.165) is 36.4 Å². The van der Waals surface area contributed by atoms with Gasteiger partial charge in [0.05, 0.1) is 0 Å². The fraction of sp³-hybridized carbons (Fsp3) is 0.316. The molecule has 1 unspecified atom stereocenters. The highest BCUT2D eigenvalue weighted by Crippen LogP contribution is 2.33. The van der Waals surface area contributed by atoms with Gasteiger partial charge in [-0.2, -0.15) is 0 Å². The second-order valence-electron chi connectivity index (χ2n) is 6.05. The van der Waals surface area contributed by atoms with Crippen LogP contribution in [-0.2, 0) is 11.2 Å². The average molecular weight is 309 g/mol. The minimum Gasteiger partial charge on any atom is -0.398 e. The Balaban J connectivity index is 1.86. The molecule has 0 radical (unpaired) electrons. The fourth-order valence-corrected chi connectivity index (χ4v) is 3.27. The Labute approximate surface area is 137 Å². The van der Waals surface area contributed by atoms with Crippen LogP contribution >= 0.6 is 0 Å². The third-order valence-corrected chi connectivity index (χ3v) is 4.62. The summed E-state index contributed by atoms with van der Waals surface area (Å²) in [5.74, 6) is 0.0893. The number of fused-ring (bicyclic) bond motifs is 1. The molecule has 23 heavy (non-hydrogen) atoms. The molecule has 0 aliphatic carbocycles. The van der Waals surface area contributed by atoms with Gasteiger partial charge in [0.15, 0.2) is 0 Å². The number of rotatable bonds is 3. The number of nitrogens with zero attached hydrogens (tertiary/aromatic N) is 2. The van der Waals surface area contributed by atoms with Crippen molar-refractivity contribution in [2.45, 2.75) is 25.8 Å². The molecule has 4 heteroatoms. The van der Waals surface area contributed by atoms with Gasteiger partial charge in [0, 0.05) is 30.7 Å². The van der Waals surface area contributed by atoms with Crippen molar-refractivity contribution in [2.75, 3.05) is 29.1 Å². The van der Waals surface area contributed by atoms with Crippen LogP contribution in [0.4, 0.5) is 17.1 Å². The molecule has 1 atom stereocenters. The van der Waals surface area contributed by atoms with E-state index in [0.29, 0.717) is 0 Å². The number of carbonyl (C=O) groups excluding carboxylic acids is 1. The maximum Gasteiger partial charge on any atom is 0.249 e. The van der Waals surface area contributed by atoms with Gasteiger partial charge in [0.2, 0.25) is 5.91 Å². The lowest BCUT2D eigenvalue weighted by Gasteiger charge is -2.37. The monoisotopic (exact) mass is 309 g/mol. The molecular formula is C19H23N3O. The summed E-state index contributed by atoms with van der Waals surface area (Å²) in [5.41, 5.74) is 10.1. The van der Waals surface area contributed by atoms with Crippen LogP contribution < -0.4 is 15.5 Å². The van der Waals surface area contributed by atoms with Crippen molar-refractivity contribution >= 4 is 23.0 Å². The standard InChI is InChI=1S/C19H23N3O/c1-14(19(23)21(2)15-8-4-3-5-9-15)22-13-7-10-16-17(20)11-6-12-18(16)22/h3-6,8-9,11-12,14H,7,10,13,20H2,1-2H3. The molecule has 2 N–H and O–H groups in total. The van der Waals surface area contributed by atoms with Crippen LogP contribution in [0.25, 0.3) is 0 Å². The van der Waals surface area contributed by atoms with Crippen LogP contribution in [0.5, 0.6) is 0 Å².